The van der Waals surface area contributed by atoms with Crippen LogP contribution in [0.4, 0.5) is 5.69 Å². The third kappa shape index (κ3) is 4.75. The molecule has 32 heavy (non-hydrogen) atoms. The lowest BCUT2D eigenvalue weighted by molar-refractivity contribution is -0.123. The molecule has 2 amide bonds. The molecule has 2 atom stereocenters. The topological polar surface area (TPSA) is 49.4 Å². The molecule has 0 radical (unpaired) electrons. The van der Waals surface area contributed by atoms with Crippen LogP contribution in [-0.4, -0.2) is 23.3 Å². The van der Waals surface area contributed by atoms with Gasteiger partial charge in [0.1, 0.15) is 0 Å². The zero-order valence-corrected chi connectivity index (χ0v) is 18.7. The van der Waals surface area contributed by atoms with Gasteiger partial charge in [0.15, 0.2) is 0 Å². The van der Waals surface area contributed by atoms with Gasteiger partial charge in [0.25, 0.3) is 5.91 Å². The summed E-state index contributed by atoms with van der Waals surface area (Å²) in [6.07, 6.45) is 1.54. The summed E-state index contributed by atoms with van der Waals surface area (Å²) in [5, 5.41) is 3.06. The molecule has 1 N–H and O–H groups in total. The average Bonchev–Trinajstić information content (AvgIpc) is 2.84. The summed E-state index contributed by atoms with van der Waals surface area (Å²) in [6, 6.07) is 27.0. The molecule has 0 bridgehead atoms. The van der Waals surface area contributed by atoms with Crippen LogP contribution in [0.25, 0.3) is 0 Å². The Labute approximate surface area is 190 Å². The highest BCUT2D eigenvalue weighted by Crippen LogP contribution is 2.38. The Balaban J connectivity index is 1.69. The second-order valence-corrected chi connectivity index (χ2v) is 8.73. The molecule has 1 aliphatic heterocycles. The van der Waals surface area contributed by atoms with Crippen LogP contribution in [0.3, 0.4) is 0 Å². The summed E-state index contributed by atoms with van der Waals surface area (Å²) in [5.74, 6) is 0.0385. The Morgan fingerprint density at radius 1 is 0.875 bits per heavy atom. The summed E-state index contributed by atoms with van der Waals surface area (Å²) in [5.41, 5.74) is 3.68. The standard InChI is InChI=1S/C28H30N2O2/c1-20(2)21-15-17-22(18-16-21)26-25(27(31)29-24-12-7-4-8-13-24)14-9-19-30(26)28(32)23-10-5-3-6-11-23/h3-8,10-13,15-18,20,25-26H,9,14,19H2,1-2H3,(H,29,31). The fraction of sp³-hybridized carbons (Fsp3) is 0.286. The van der Waals surface area contributed by atoms with Crippen LogP contribution in [0, 0.1) is 5.92 Å². The van der Waals surface area contributed by atoms with Gasteiger partial charge in [0.2, 0.25) is 5.91 Å². The lowest BCUT2D eigenvalue weighted by Crippen LogP contribution is -2.46. The highest BCUT2D eigenvalue weighted by molar-refractivity contribution is 5.97. The van der Waals surface area contributed by atoms with Crippen molar-refractivity contribution in [1.82, 2.24) is 4.90 Å². The van der Waals surface area contributed by atoms with Gasteiger partial charge in [-0.3, -0.25) is 9.59 Å². The Kier molecular flexibility index (Phi) is 6.69. The average molecular weight is 427 g/mol. The van der Waals surface area contributed by atoms with Crippen molar-refractivity contribution in [1.29, 1.82) is 0 Å². The van der Waals surface area contributed by atoms with E-state index in [1.807, 2.05) is 65.6 Å². The number of hydrogen-bond donors (Lipinski definition) is 1. The molecule has 1 fully saturated rings. The Morgan fingerprint density at radius 2 is 1.50 bits per heavy atom. The van der Waals surface area contributed by atoms with Gasteiger partial charge >= 0.3 is 0 Å². The monoisotopic (exact) mass is 426 g/mol. The second kappa shape index (κ2) is 9.82. The van der Waals surface area contributed by atoms with Crippen molar-refractivity contribution < 1.29 is 9.59 Å². The molecule has 1 heterocycles. The number of nitrogens with one attached hydrogen (secondary N) is 1. The zero-order chi connectivity index (χ0) is 22.5. The lowest BCUT2D eigenvalue weighted by atomic mass is 9.83. The molecular formula is C28H30N2O2. The van der Waals surface area contributed by atoms with Crippen molar-refractivity contribution in [2.45, 2.75) is 38.6 Å². The fourth-order valence-electron chi connectivity index (χ4n) is 4.49. The van der Waals surface area contributed by atoms with E-state index in [0.717, 1.165) is 24.1 Å². The number of amides is 2. The van der Waals surface area contributed by atoms with E-state index in [1.165, 1.54) is 5.56 Å². The van der Waals surface area contributed by atoms with E-state index >= 15 is 0 Å². The first-order valence-electron chi connectivity index (χ1n) is 11.4. The van der Waals surface area contributed by atoms with E-state index in [9.17, 15) is 9.59 Å². The summed E-state index contributed by atoms with van der Waals surface area (Å²) in [7, 11) is 0. The number of hydrogen-bond acceptors (Lipinski definition) is 2. The van der Waals surface area contributed by atoms with Crippen LogP contribution in [-0.2, 0) is 4.79 Å². The van der Waals surface area contributed by atoms with Crippen molar-refractivity contribution >= 4 is 17.5 Å². The maximum atomic E-state index is 13.5. The Hall–Kier alpha value is -3.40. The molecular weight excluding hydrogens is 396 g/mol. The van der Waals surface area contributed by atoms with E-state index in [0.29, 0.717) is 18.0 Å². The van der Waals surface area contributed by atoms with Crippen molar-refractivity contribution in [2.75, 3.05) is 11.9 Å². The number of likely N-dealkylation sites (tertiary alicyclic amines) is 1. The van der Waals surface area contributed by atoms with Crippen LogP contribution >= 0.6 is 0 Å². The predicted octanol–water partition coefficient (Wildman–Crippen LogP) is 6.04. The van der Waals surface area contributed by atoms with E-state index in [-0.39, 0.29) is 23.8 Å². The van der Waals surface area contributed by atoms with Crippen molar-refractivity contribution in [3.05, 3.63) is 102 Å². The van der Waals surface area contributed by atoms with Crippen LogP contribution in [0.1, 0.15) is 60.1 Å². The van der Waals surface area contributed by atoms with E-state index in [1.54, 1.807) is 0 Å². The Bertz CT molecular complexity index is 1050. The third-order valence-electron chi connectivity index (χ3n) is 6.24. The minimum atomic E-state index is -0.318. The maximum absolute atomic E-state index is 13.5. The van der Waals surface area contributed by atoms with Crippen LogP contribution in [0.5, 0.6) is 0 Å². The minimum absolute atomic E-state index is 0.0271. The third-order valence-corrected chi connectivity index (χ3v) is 6.24. The summed E-state index contributed by atoms with van der Waals surface area (Å²) >= 11 is 0. The maximum Gasteiger partial charge on any atom is 0.254 e. The normalized spacial score (nSPS) is 18.4. The van der Waals surface area contributed by atoms with Crippen molar-refractivity contribution in [2.24, 2.45) is 5.92 Å². The SMILES string of the molecule is CC(C)c1ccc(C2C(C(=O)Nc3ccccc3)CCCN2C(=O)c2ccccc2)cc1. The number of para-hydroxylation sites is 1. The van der Waals surface area contributed by atoms with Gasteiger partial charge in [-0.2, -0.15) is 0 Å². The van der Waals surface area contributed by atoms with E-state index in [2.05, 4.69) is 43.4 Å². The van der Waals surface area contributed by atoms with Gasteiger partial charge in [-0.05, 0) is 54.2 Å². The lowest BCUT2D eigenvalue weighted by Gasteiger charge is -2.41. The first-order chi connectivity index (χ1) is 15.5. The molecule has 0 aliphatic carbocycles. The van der Waals surface area contributed by atoms with Gasteiger partial charge < -0.3 is 10.2 Å². The number of benzene rings is 3. The molecule has 0 saturated carbocycles. The molecule has 4 rings (SSSR count). The molecule has 4 heteroatoms. The van der Waals surface area contributed by atoms with Gasteiger partial charge in [-0.25, -0.2) is 0 Å². The number of piperidine rings is 1. The molecule has 3 aromatic carbocycles. The highest BCUT2D eigenvalue weighted by Gasteiger charge is 2.39. The number of carbonyl (C=O) groups is 2. The number of nitrogens with zero attached hydrogens (tertiary/aromatic N) is 1. The molecule has 3 aromatic rings. The summed E-state index contributed by atoms with van der Waals surface area (Å²) < 4.78 is 0. The van der Waals surface area contributed by atoms with Gasteiger partial charge in [-0.1, -0.05) is 74.5 Å². The smallest absolute Gasteiger partial charge is 0.254 e. The fourth-order valence-corrected chi connectivity index (χ4v) is 4.49. The van der Waals surface area contributed by atoms with E-state index < -0.39 is 0 Å². The van der Waals surface area contributed by atoms with Gasteiger partial charge in [0, 0.05) is 17.8 Å². The van der Waals surface area contributed by atoms with Crippen LogP contribution in [0.15, 0.2) is 84.9 Å². The molecule has 0 aromatic heterocycles. The summed E-state index contributed by atoms with van der Waals surface area (Å²) in [4.78, 5) is 28.7. The molecule has 2 unspecified atom stereocenters. The van der Waals surface area contributed by atoms with Crippen LogP contribution in [0.2, 0.25) is 0 Å². The zero-order valence-electron chi connectivity index (χ0n) is 18.7. The van der Waals surface area contributed by atoms with Gasteiger partial charge in [-0.15, -0.1) is 0 Å². The highest BCUT2D eigenvalue weighted by atomic mass is 16.2. The first kappa shape index (κ1) is 21.8. The second-order valence-electron chi connectivity index (χ2n) is 8.73. The molecule has 4 nitrogen and oxygen atoms in total. The number of carbonyl (C=O) groups excluding carboxylic acids is 2. The minimum Gasteiger partial charge on any atom is -0.331 e. The summed E-state index contributed by atoms with van der Waals surface area (Å²) in [6.45, 7) is 4.97. The first-order valence-corrected chi connectivity index (χ1v) is 11.4. The Morgan fingerprint density at radius 3 is 2.12 bits per heavy atom. The predicted molar refractivity (Wildman–Crippen MR) is 129 cm³/mol. The largest absolute Gasteiger partial charge is 0.331 e. The molecule has 1 aliphatic rings. The molecule has 164 valence electrons. The molecule has 1 saturated heterocycles. The van der Waals surface area contributed by atoms with Crippen LogP contribution < -0.4 is 5.32 Å². The van der Waals surface area contributed by atoms with Crippen molar-refractivity contribution in [3.63, 3.8) is 0 Å². The number of anilines is 1. The quantitative estimate of drug-likeness (QED) is 0.540. The molecule has 0 spiro atoms. The van der Waals surface area contributed by atoms with E-state index in [4.69, 9.17) is 0 Å². The van der Waals surface area contributed by atoms with Crippen molar-refractivity contribution in [3.8, 4) is 0 Å². The van der Waals surface area contributed by atoms with Gasteiger partial charge in [0.05, 0.1) is 12.0 Å². The number of rotatable bonds is 5.